The lowest BCUT2D eigenvalue weighted by molar-refractivity contribution is 0.0524. The van der Waals surface area contributed by atoms with E-state index < -0.39 is 0 Å². The van der Waals surface area contributed by atoms with Crippen LogP contribution in [0, 0.1) is 0 Å². The maximum absolute atomic E-state index is 9.90. The van der Waals surface area contributed by atoms with Crippen molar-refractivity contribution in [1.29, 1.82) is 0 Å². The highest BCUT2D eigenvalue weighted by atomic mass is 35.5. The number of nitrogens with zero attached hydrogens (tertiary/aromatic N) is 1. The van der Waals surface area contributed by atoms with E-state index in [1.807, 2.05) is 24.3 Å². The van der Waals surface area contributed by atoms with Crippen molar-refractivity contribution in [3.8, 4) is 5.75 Å². The highest BCUT2D eigenvalue weighted by molar-refractivity contribution is 6.31. The number of benzene rings is 2. The van der Waals surface area contributed by atoms with Gasteiger partial charge in [0.2, 0.25) is 0 Å². The van der Waals surface area contributed by atoms with Crippen LogP contribution in [0.1, 0.15) is 43.2 Å². The average molecular weight is 392 g/mol. The lowest BCUT2D eigenvalue weighted by Gasteiger charge is -2.51. The normalized spacial score (nSPS) is 25.5. The summed E-state index contributed by atoms with van der Waals surface area (Å²) in [6, 6.07) is 16.8. The second-order valence-electron chi connectivity index (χ2n) is 7.71. The quantitative estimate of drug-likeness (QED) is 0.733. The average Bonchev–Trinajstić information content (AvgIpc) is 2.63. The SMILES string of the molecule is Cl.Oc1cccc([C@@]23CCC[C@@H](C2)N(CCc2ccccc2Cl)CC3)c1. The number of phenols is 1. The third kappa shape index (κ3) is 3.88. The highest BCUT2D eigenvalue weighted by Crippen LogP contribution is 2.47. The second kappa shape index (κ2) is 8.21. The standard InChI is InChI=1S/C22H26ClNO.ClH/c23-21-9-2-1-5-17(21)10-13-24-14-12-22(11-4-7-19(24)16-22)18-6-3-8-20(25)15-18;/h1-3,5-6,8-9,15,19,25H,4,7,10-14,16H2;1H/t19-,22+;/m0./s1. The molecule has 4 heteroatoms. The molecule has 2 aromatic rings. The van der Waals surface area contributed by atoms with Crippen molar-refractivity contribution in [3.63, 3.8) is 0 Å². The van der Waals surface area contributed by atoms with Gasteiger partial charge in [-0.25, -0.2) is 0 Å². The van der Waals surface area contributed by atoms with E-state index in [4.69, 9.17) is 11.6 Å². The molecule has 2 fully saturated rings. The number of halogens is 2. The molecule has 4 rings (SSSR count). The molecule has 2 nitrogen and oxygen atoms in total. The van der Waals surface area contributed by atoms with Crippen LogP contribution in [0.25, 0.3) is 0 Å². The summed E-state index contributed by atoms with van der Waals surface area (Å²) in [5, 5.41) is 10.8. The minimum atomic E-state index is 0. The Bertz CT molecular complexity index is 750. The number of aromatic hydroxyl groups is 1. The molecule has 0 unspecified atom stereocenters. The Morgan fingerprint density at radius 3 is 2.77 bits per heavy atom. The maximum Gasteiger partial charge on any atom is 0.115 e. The van der Waals surface area contributed by atoms with Gasteiger partial charge in [0.05, 0.1) is 0 Å². The van der Waals surface area contributed by atoms with Gasteiger partial charge >= 0.3 is 0 Å². The fourth-order valence-electron chi connectivity index (χ4n) is 4.91. The Balaban J connectivity index is 0.00000196. The minimum absolute atomic E-state index is 0. The predicted molar refractivity (Wildman–Crippen MR) is 111 cm³/mol. The third-order valence-electron chi connectivity index (χ3n) is 6.30. The molecule has 0 aromatic heterocycles. The largest absolute Gasteiger partial charge is 0.508 e. The van der Waals surface area contributed by atoms with Crippen LogP contribution in [0.5, 0.6) is 5.75 Å². The molecule has 1 aliphatic carbocycles. The van der Waals surface area contributed by atoms with Gasteiger partial charge in [-0.05, 0) is 73.4 Å². The van der Waals surface area contributed by atoms with E-state index in [1.54, 1.807) is 6.07 Å². The van der Waals surface area contributed by atoms with Crippen LogP contribution in [0.2, 0.25) is 5.02 Å². The van der Waals surface area contributed by atoms with Crippen molar-refractivity contribution in [2.24, 2.45) is 0 Å². The summed E-state index contributed by atoms with van der Waals surface area (Å²) < 4.78 is 0. The van der Waals surface area contributed by atoms with Gasteiger partial charge in [-0.1, -0.05) is 48.4 Å². The van der Waals surface area contributed by atoms with Crippen molar-refractivity contribution in [2.45, 2.75) is 50.0 Å². The summed E-state index contributed by atoms with van der Waals surface area (Å²) >= 11 is 6.32. The molecule has 26 heavy (non-hydrogen) atoms. The van der Waals surface area contributed by atoms with Crippen molar-refractivity contribution >= 4 is 24.0 Å². The first kappa shape index (κ1) is 19.5. The minimum Gasteiger partial charge on any atom is -0.508 e. The van der Waals surface area contributed by atoms with Gasteiger partial charge < -0.3 is 5.11 Å². The van der Waals surface area contributed by atoms with Crippen LogP contribution >= 0.6 is 24.0 Å². The number of fused-ring (bicyclic) bond motifs is 2. The van der Waals surface area contributed by atoms with Gasteiger partial charge in [-0.3, -0.25) is 4.90 Å². The van der Waals surface area contributed by atoms with Gasteiger partial charge in [-0.2, -0.15) is 0 Å². The smallest absolute Gasteiger partial charge is 0.115 e. The Morgan fingerprint density at radius 1 is 1.12 bits per heavy atom. The van der Waals surface area contributed by atoms with Crippen LogP contribution in [0.3, 0.4) is 0 Å². The highest BCUT2D eigenvalue weighted by Gasteiger charge is 2.43. The number of rotatable bonds is 4. The number of hydrogen-bond acceptors (Lipinski definition) is 2. The van der Waals surface area contributed by atoms with E-state index in [1.165, 1.54) is 43.2 Å². The van der Waals surface area contributed by atoms with E-state index in [0.29, 0.717) is 11.8 Å². The topological polar surface area (TPSA) is 23.5 Å². The zero-order valence-corrected chi connectivity index (χ0v) is 16.6. The number of phenolic OH excluding ortho intramolecular Hbond substituents is 1. The van der Waals surface area contributed by atoms with Crippen molar-refractivity contribution in [3.05, 3.63) is 64.7 Å². The Labute approximate surface area is 167 Å². The first-order chi connectivity index (χ1) is 12.2. The van der Waals surface area contributed by atoms with Crippen LogP contribution < -0.4 is 0 Å². The number of hydrogen-bond donors (Lipinski definition) is 1. The zero-order chi connectivity index (χ0) is 17.3. The fourth-order valence-corrected chi connectivity index (χ4v) is 5.14. The van der Waals surface area contributed by atoms with Gasteiger partial charge in [0, 0.05) is 17.6 Å². The van der Waals surface area contributed by atoms with Gasteiger partial charge in [-0.15, -0.1) is 12.4 Å². The summed E-state index contributed by atoms with van der Waals surface area (Å²) in [6.07, 6.45) is 7.26. The lowest BCUT2D eigenvalue weighted by Crippen LogP contribution is -2.52. The van der Waals surface area contributed by atoms with Crippen LogP contribution in [0.4, 0.5) is 0 Å². The molecule has 0 spiro atoms. The summed E-state index contributed by atoms with van der Waals surface area (Å²) in [6.45, 7) is 2.23. The van der Waals surface area contributed by atoms with E-state index >= 15 is 0 Å². The Morgan fingerprint density at radius 2 is 1.96 bits per heavy atom. The van der Waals surface area contributed by atoms with Crippen molar-refractivity contribution in [2.75, 3.05) is 13.1 Å². The molecule has 2 aliphatic rings. The molecule has 2 atom stereocenters. The molecule has 1 heterocycles. The first-order valence-corrected chi connectivity index (χ1v) is 9.81. The summed E-state index contributed by atoms with van der Waals surface area (Å²) in [5.41, 5.74) is 2.86. The molecule has 140 valence electrons. The number of piperidine rings is 1. The molecule has 0 amide bonds. The van der Waals surface area contributed by atoms with E-state index in [0.717, 1.165) is 24.5 Å². The molecule has 1 saturated carbocycles. The third-order valence-corrected chi connectivity index (χ3v) is 6.67. The molecule has 1 aliphatic heterocycles. The second-order valence-corrected chi connectivity index (χ2v) is 8.12. The molecular weight excluding hydrogens is 365 g/mol. The summed E-state index contributed by atoms with van der Waals surface area (Å²) in [4.78, 5) is 2.67. The van der Waals surface area contributed by atoms with Gasteiger partial charge in [0.25, 0.3) is 0 Å². The Kier molecular flexibility index (Phi) is 6.17. The molecular formula is C22H27Cl2NO. The molecule has 1 saturated heterocycles. The van der Waals surface area contributed by atoms with Crippen LogP contribution in [-0.4, -0.2) is 29.1 Å². The fraction of sp³-hybridized carbons (Fsp3) is 0.455. The summed E-state index contributed by atoms with van der Waals surface area (Å²) in [5.74, 6) is 0.398. The maximum atomic E-state index is 9.90. The first-order valence-electron chi connectivity index (χ1n) is 9.43. The van der Waals surface area contributed by atoms with Crippen molar-refractivity contribution in [1.82, 2.24) is 4.90 Å². The van der Waals surface area contributed by atoms with Gasteiger partial charge in [0.15, 0.2) is 0 Å². The van der Waals surface area contributed by atoms with Crippen LogP contribution in [0.15, 0.2) is 48.5 Å². The Hall–Kier alpha value is -1.22. The van der Waals surface area contributed by atoms with E-state index in [9.17, 15) is 5.11 Å². The van der Waals surface area contributed by atoms with Gasteiger partial charge in [0.1, 0.15) is 5.75 Å². The monoisotopic (exact) mass is 391 g/mol. The van der Waals surface area contributed by atoms with Crippen LogP contribution in [-0.2, 0) is 11.8 Å². The van der Waals surface area contributed by atoms with E-state index in [2.05, 4.69) is 23.1 Å². The van der Waals surface area contributed by atoms with E-state index in [-0.39, 0.29) is 17.8 Å². The summed E-state index contributed by atoms with van der Waals surface area (Å²) in [7, 11) is 0. The molecule has 2 bridgehead atoms. The molecule has 2 aromatic carbocycles. The molecule has 1 N–H and O–H groups in total. The lowest BCUT2D eigenvalue weighted by atomic mass is 9.63. The molecule has 0 radical (unpaired) electrons. The van der Waals surface area contributed by atoms with Crippen molar-refractivity contribution < 1.29 is 5.11 Å². The number of likely N-dealkylation sites (tertiary alicyclic amines) is 1. The zero-order valence-electron chi connectivity index (χ0n) is 15.0. The predicted octanol–water partition coefficient (Wildman–Crippen LogP) is 5.60.